The Hall–Kier alpha value is -1.89. The lowest BCUT2D eigenvalue weighted by Gasteiger charge is -2.37. The highest BCUT2D eigenvalue weighted by atomic mass is 79.9. The molecule has 0 radical (unpaired) electrons. The van der Waals surface area contributed by atoms with Crippen molar-refractivity contribution in [3.05, 3.63) is 32.2 Å². The smallest absolute Gasteiger partial charge is 0.339 e. The molecule has 2 rings (SSSR count). The number of carbonyl (C=O) groups is 2. The first kappa shape index (κ1) is 20.4. The fourth-order valence-corrected chi connectivity index (χ4v) is 3.82. The molecule has 2 atom stereocenters. The molecule has 0 aliphatic carbocycles. The number of halogens is 2. The van der Waals surface area contributed by atoms with Gasteiger partial charge in [0.15, 0.2) is 0 Å². The normalized spacial score (nSPS) is 19.3. The van der Waals surface area contributed by atoms with E-state index in [0.29, 0.717) is 15.8 Å². The van der Waals surface area contributed by atoms with Gasteiger partial charge in [0.1, 0.15) is 5.75 Å². The van der Waals surface area contributed by atoms with Crippen LogP contribution in [0.15, 0.2) is 26.7 Å². The zero-order valence-corrected chi connectivity index (χ0v) is 17.2. The lowest BCUT2D eigenvalue weighted by molar-refractivity contribution is -0.152. The Kier molecular flexibility index (Phi) is 6.44. The number of benzene rings is 1. The maximum absolute atomic E-state index is 12.5. The molecule has 1 aromatic rings. The fourth-order valence-electron chi connectivity index (χ4n) is 2.48. The summed E-state index contributed by atoms with van der Waals surface area (Å²) < 4.78 is 17.0. The highest BCUT2D eigenvalue weighted by molar-refractivity contribution is 9.11. The summed E-state index contributed by atoms with van der Waals surface area (Å²) in [5.74, 6) is -2.93. The zero-order valence-electron chi connectivity index (χ0n) is 14.0. The monoisotopic (exact) mass is 486 g/mol. The molecule has 26 heavy (non-hydrogen) atoms. The van der Waals surface area contributed by atoms with Crippen molar-refractivity contribution in [1.29, 1.82) is 5.26 Å². The van der Waals surface area contributed by atoms with Crippen molar-refractivity contribution in [1.82, 2.24) is 0 Å². The first-order valence-electron chi connectivity index (χ1n) is 7.70. The number of carbonyl (C=O) groups excluding carboxylic acids is 2. The van der Waals surface area contributed by atoms with Gasteiger partial charge in [-0.15, -0.1) is 0 Å². The highest BCUT2D eigenvalue weighted by Gasteiger charge is 2.52. The second-order valence-corrected chi connectivity index (χ2v) is 7.06. The van der Waals surface area contributed by atoms with Gasteiger partial charge < -0.3 is 14.2 Å². The first-order chi connectivity index (χ1) is 12.3. The van der Waals surface area contributed by atoms with Gasteiger partial charge in [0, 0.05) is 10.0 Å². The summed E-state index contributed by atoms with van der Waals surface area (Å²) in [6.07, 6.45) is 1.45. The van der Waals surface area contributed by atoms with Crippen molar-refractivity contribution in [3.63, 3.8) is 0 Å². The van der Waals surface area contributed by atoms with E-state index in [4.69, 9.17) is 19.9 Å². The number of esters is 2. The maximum atomic E-state index is 12.5. The van der Waals surface area contributed by atoms with Gasteiger partial charge in [-0.25, -0.2) is 4.79 Å². The predicted octanol–water partition coefficient (Wildman–Crippen LogP) is 2.91. The van der Waals surface area contributed by atoms with E-state index in [1.54, 1.807) is 32.0 Å². The average Bonchev–Trinajstić information content (AvgIpc) is 2.56. The van der Waals surface area contributed by atoms with Crippen molar-refractivity contribution in [2.45, 2.75) is 19.6 Å². The minimum atomic E-state index is -2.06. The number of fused-ring (bicyclic) bond motifs is 1. The Balaban J connectivity index is 2.65. The van der Waals surface area contributed by atoms with E-state index in [0.717, 1.165) is 4.47 Å². The third-order valence-corrected chi connectivity index (χ3v) is 4.65. The Morgan fingerprint density at radius 2 is 1.96 bits per heavy atom. The van der Waals surface area contributed by atoms with E-state index in [2.05, 4.69) is 31.9 Å². The van der Waals surface area contributed by atoms with Gasteiger partial charge in [0.2, 0.25) is 11.6 Å². The largest absolute Gasteiger partial charge is 0.465 e. The van der Waals surface area contributed by atoms with Crippen molar-refractivity contribution < 1.29 is 23.8 Å². The van der Waals surface area contributed by atoms with Gasteiger partial charge in [0.05, 0.1) is 29.3 Å². The van der Waals surface area contributed by atoms with E-state index in [9.17, 15) is 14.9 Å². The lowest BCUT2D eigenvalue weighted by Crippen LogP contribution is -2.59. The molecule has 0 aromatic heterocycles. The van der Waals surface area contributed by atoms with Crippen molar-refractivity contribution in [2.75, 3.05) is 13.2 Å². The predicted molar refractivity (Wildman–Crippen MR) is 99.7 cm³/mol. The van der Waals surface area contributed by atoms with E-state index in [1.807, 2.05) is 0 Å². The van der Waals surface area contributed by atoms with Gasteiger partial charge in [-0.3, -0.25) is 10.5 Å². The van der Waals surface area contributed by atoms with Gasteiger partial charge >= 0.3 is 11.9 Å². The molecule has 0 saturated heterocycles. The molecule has 2 N–H and O–H groups in total. The molecule has 0 saturated carbocycles. The second-order valence-electron chi connectivity index (χ2n) is 5.29. The van der Waals surface area contributed by atoms with Crippen molar-refractivity contribution in [3.8, 4) is 11.8 Å². The minimum absolute atomic E-state index is 0.0543. The molecule has 9 heteroatoms. The Labute approximate surface area is 167 Å². The molecule has 1 aliphatic heterocycles. The third kappa shape index (κ3) is 3.77. The Bertz CT molecular complexity index is 818. The van der Waals surface area contributed by atoms with Crippen LogP contribution >= 0.6 is 31.9 Å². The van der Waals surface area contributed by atoms with Gasteiger partial charge in [0.25, 0.3) is 0 Å². The Morgan fingerprint density at radius 3 is 2.54 bits per heavy atom. The average molecular weight is 488 g/mol. The molecule has 0 fully saturated rings. The molecular weight excluding hydrogens is 472 g/mol. The first-order valence-corrected chi connectivity index (χ1v) is 9.29. The highest BCUT2D eigenvalue weighted by Crippen LogP contribution is 2.43. The van der Waals surface area contributed by atoms with Crippen LogP contribution in [0.4, 0.5) is 0 Å². The summed E-state index contributed by atoms with van der Waals surface area (Å²) >= 11 is 6.71. The van der Waals surface area contributed by atoms with Crippen LogP contribution in [0.3, 0.4) is 0 Å². The fraction of sp³-hybridized carbons (Fsp3) is 0.353. The van der Waals surface area contributed by atoms with Crippen molar-refractivity contribution >= 4 is 49.9 Å². The maximum Gasteiger partial charge on any atom is 0.339 e. The summed E-state index contributed by atoms with van der Waals surface area (Å²) in [5, 5.41) is 9.52. The summed E-state index contributed by atoms with van der Waals surface area (Å²) in [4.78, 5) is 24.7. The van der Waals surface area contributed by atoms with Crippen LogP contribution < -0.4 is 10.5 Å². The van der Waals surface area contributed by atoms with E-state index >= 15 is 0 Å². The minimum Gasteiger partial charge on any atom is -0.465 e. The van der Waals surface area contributed by atoms with Crippen LogP contribution in [0.1, 0.15) is 19.4 Å². The Morgan fingerprint density at radius 1 is 1.31 bits per heavy atom. The molecule has 0 amide bonds. The van der Waals surface area contributed by atoms with Crippen LogP contribution in [0.25, 0.3) is 6.08 Å². The zero-order chi connectivity index (χ0) is 19.5. The van der Waals surface area contributed by atoms with E-state index in [1.165, 1.54) is 6.08 Å². The number of ether oxygens (including phenoxy) is 3. The quantitative estimate of drug-likeness (QED) is 0.635. The molecule has 7 nitrogen and oxygen atoms in total. The molecular formula is C17H16Br2N2O5. The number of rotatable bonds is 5. The molecule has 138 valence electrons. The number of hydrogen-bond acceptors (Lipinski definition) is 7. The third-order valence-electron chi connectivity index (χ3n) is 3.60. The number of nitrogens with two attached hydrogens (primary N) is 1. The van der Waals surface area contributed by atoms with Gasteiger partial charge in [-0.1, -0.05) is 15.9 Å². The van der Waals surface area contributed by atoms with Crippen LogP contribution in [-0.2, 0) is 19.1 Å². The van der Waals surface area contributed by atoms with E-state index < -0.39 is 23.6 Å². The van der Waals surface area contributed by atoms with Crippen LogP contribution in [0.2, 0.25) is 0 Å². The molecule has 1 aliphatic rings. The molecule has 0 unspecified atom stereocenters. The SMILES string of the molecule is CCOC(=O)C1=Cc2cc(Br)cc(Br)c2O[C@@]1(N)[C@H](C#N)C(=O)OCC. The van der Waals surface area contributed by atoms with Gasteiger partial charge in [-0.05, 0) is 48.0 Å². The summed E-state index contributed by atoms with van der Waals surface area (Å²) in [6.45, 7) is 3.38. The summed E-state index contributed by atoms with van der Waals surface area (Å²) in [5.41, 5.74) is 4.63. The van der Waals surface area contributed by atoms with Crippen molar-refractivity contribution in [2.24, 2.45) is 11.7 Å². The summed E-state index contributed by atoms with van der Waals surface area (Å²) in [6, 6.07) is 5.22. The number of nitriles is 1. The second kappa shape index (κ2) is 8.20. The summed E-state index contributed by atoms with van der Waals surface area (Å²) in [7, 11) is 0. The van der Waals surface area contributed by atoms with E-state index in [-0.39, 0.29) is 18.8 Å². The molecule has 0 bridgehead atoms. The number of nitrogens with zero attached hydrogens (tertiary/aromatic N) is 1. The molecule has 1 aromatic carbocycles. The number of hydrogen-bond donors (Lipinski definition) is 1. The van der Waals surface area contributed by atoms with Crippen LogP contribution in [-0.4, -0.2) is 30.9 Å². The topological polar surface area (TPSA) is 112 Å². The molecule has 0 spiro atoms. The van der Waals surface area contributed by atoms with Crippen LogP contribution in [0.5, 0.6) is 5.75 Å². The standard InChI is InChI=1S/C17H16Br2N2O5/c1-3-24-15(22)11-6-9-5-10(18)7-13(19)14(9)26-17(11,21)12(8-20)16(23)25-4-2/h5-7,12H,3-4,21H2,1-2H3/t12-,17-/m1/s1. The van der Waals surface area contributed by atoms with Gasteiger partial charge in [-0.2, -0.15) is 5.26 Å². The lowest BCUT2D eigenvalue weighted by atomic mass is 9.86. The molecule has 1 heterocycles. The van der Waals surface area contributed by atoms with Crippen LogP contribution in [0, 0.1) is 17.2 Å².